The lowest BCUT2D eigenvalue weighted by atomic mass is 9.91. The molecule has 0 bridgehead atoms. The van der Waals surface area contributed by atoms with Gasteiger partial charge in [-0.1, -0.05) is 25.2 Å². The molecule has 4 rings (SSSR count). The number of Topliss-reactive ketones (excluding diaryl/α,β-unsaturated/α-hetero) is 1. The number of ketones is 1. The highest BCUT2D eigenvalue weighted by atomic mass is 32.1. The number of aryl methyl sites for hydroxylation is 1. The Morgan fingerprint density at radius 3 is 2.47 bits per heavy atom. The van der Waals surface area contributed by atoms with Gasteiger partial charge in [0.1, 0.15) is 32.5 Å². The quantitative estimate of drug-likeness (QED) is 0.215. The molecular weight excluding hydrogens is 575 g/mol. The maximum atomic E-state index is 14.6. The molecule has 0 aliphatic heterocycles. The first-order valence-electron chi connectivity index (χ1n) is 13.8. The standard InChI is InChI=1S/C30H35FN6O5S/c1-18(2)15-23(38)29(4,5)36-25(39)24-19(3)26(37-33-12-13-34-37)43-27(24)35(28(36)40)17-30(6,42-14-8-11-32)21-16-20(31)9-10-22(21)41-7/h9-10,12-13,16,18H,8,14-15,17H2,1-7H3. The number of benzene rings is 1. The van der Waals surface area contributed by atoms with Crippen molar-refractivity contribution in [3.8, 4) is 16.8 Å². The van der Waals surface area contributed by atoms with E-state index < -0.39 is 28.2 Å². The summed E-state index contributed by atoms with van der Waals surface area (Å²) >= 11 is 1.14. The van der Waals surface area contributed by atoms with E-state index in [9.17, 15) is 24.0 Å². The molecule has 3 aromatic heterocycles. The van der Waals surface area contributed by atoms with Gasteiger partial charge >= 0.3 is 5.69 Å². The zero-order valence-electron chi connectivity index (χ0n) is 25.3. The van der Waals surface area contributed by atoms with Crippen molar-refractivity contribution in [2.24, 2.45) is 5.92 Å². The lowest BCUT2D eigenvalue weighted by molar-refractivity contribution is -0.127. The number of methoxy groups -OCH3 is 1. The topological polar surface area (TPSA) is 134 Å². The maximum absolute atomic E-state index is 14.6. The zero-order chi connectivity index (χ0) is 31.7. The predicted octanol–water partition coefficient (Wildman–Crippen LogP) is 4.46. The molecule has 0 aliphatic carbocycles. The summed E-state index contributed by atoms with van der Waals surface area (Å²) in [5.74, 6) is -0.497. The van der Waals surface area contributed by atoms with Gasteiger partial charge in [-0.05, 0) is 51.8 Å². The Bertz CT molecular complexity index is 1820. The molecule has 1 aromatic carbocycles. The van der Waals surface area contributed by atoms with Crippen LogP contribution in [0.1, 0.15) is 58.6 Å². The predicted molar refractivity (Wildman–Crippen MR) is 160 cm³/mol. The van der Waals surface area contributed by atoms with Gasteiger partial charge in [0, 0.05) is 17.5 Å². The summed E-state index contributed by atoms with van der Waals surface area (Å²) in [6.07, 6.45) is 3.21. The van der Waals surface area contributed by atoms with Crippen molar-refractivity contribution in [2.45, 2.75) is 72.1 Å². The second-order valence-corrected chi connectivity index (χ2v) is 12.4. The van der Waals surface area contributed by atoms with Gasteiger partial charge in [0.25, 0.3) is 5.56 Å². The number of hydrogen-bond acceptors (Lipinski definition) is 9. The van der Waals surface area contributed by atoms with Crippen LogP contribution in [0, 0.1) is 30.0 Å². The van der Waals surface area contributed by atoms with Gasteiger partial charge in [0.05, 0.1) is 50.5 Å². The van der Waals surface area contributed by atoms with Crippen LogP contribution in [0.2, 0.25) is 0 Å². The Hall–Kier alpha value is -4.15. The molecule has 0 radical (unpaired) electrons. The SMILES string of the molecule is COc1ccc(F)cc1C(C)(Cn1c(=O)n(C(C)(C)C(=O)CC(C)C)c(=O)c2c(C)c(-n3nccn3)sc21)OCCC#N. The highest BCUT2D eigenvalue weighted by Crippen LogP contribution is 2.38. The minimum Gasteiger partial charge on any atom is -0.496 e. The van der Waals surface area contributed by atoms with Crippen LogP contribution < -0.4 is 16.0 Å². The van der Waals surface area contributed by atoms with Crippen LogP contribution in [0.15, 0.2) is 40.2 Å². The van der Waals surface area contributed by atoms with Crippen LogP contribution >= 0.6 is 11.3 Å². The first-order valence-corrected chi connectivity index (χ1v) is 14.6. The molecule has 4 aromatic rings. The number of carbonyl (C=O) groups is 1. The van der Waals surface area contributed by atoms with Crippen LogP contribution in [0.4, 0.5) is 4.39 Å². The minimum absolute atomic E-state index is 0.00563. The Labute approximate surface area is 252 Å². The molecule has 0 saturated carbocycles. The number of nitrogens with zero attached hydrogens (tertiary/aromatic N) is 6. The molecule has 0 amide bonds. The van der Waals surface area contributed by atoms with E-state index in [-0.39, 0.29) is 43.1 Å². The average Bonchev–Trinajstić information content (AvgIpc) is 3.59. The molecule has 3 heterocycles. The monoisotopic (exact) mass is 610 g/mol. The van der Waals surface area contributed by atoms with Gasteiger partial charge in [-0.15, -0.1) is 4.80 Å². The summed E-state index contributed by atoms with van der Waals surface area (Å²) in [4.78, 5) is 43.7. The van der Waals surface area contributed by atoms with Gasteiger partial charge in [0.15, 0.2) is 5.78 Å². The van der Waals surface area contributed by atoms with Gasteiger partial charge in [-0.2, -0.15) is 15.5 Å². The third-order valence-electron chi connectivity index (χ3n) is 7.45. The third kappa shape index (κ3) is 5.89. The average molecular weight is 611 g/mol. The smallest absolute Gasteiger partial charge is 0.333 e. The van der Waals surface area contributed by atoms with E-state index in [0.29, 0.717) is 26.7 Å². The van der Waals surface area contributed by atoms with Crippen molar-refractivity contribution in [3.63, 3.8) is 0 Å². The Morgan fingerprint density at radius 1 is 1.19 bits per heavy atom. The molecule has 0 aliphatic rings. The number of hydrogen-bond donors (Lipinski definition) is 0. The molecule has 0 saturated heterocycles. The number of ether oxygens (including phenoxy) is 2. The van der Waals surface area contributed by atoms with Crippen molar-refractivity contribution in [3.05, 3.63) is 68.4 Å². The van der Waals surface area contributed by atoms with Crippen LogP contribution in [-0.2, 0) is 27.2 Å². The Balaban J connectivity index is 2.08. The number of carbonyl (C=O) groups excluding carboxylic acids is 1. The molecular formula is C30H35FN6O5S. The molecule has 0 spiro atoms. The second-order valence-electron chi connectivity index (χ2n) is 11.5. The first kappa shape index (κ1) is 31.8. The fourth-order valence-electron chi connectivity index (χ4n) is 5.15. The molecule has 43 heavy (non-hydrogen) atoms. The summed E-state index contributed by atoms with van der Waals surface area (Å²) in [5, 5.41) is 18.4. The fraction of sp³-hybridized carbons (Fsp3) is 0.467. The molecule has 1 atom stereocenters. The van der Waals surface area contributed by atoms with Crippen LogP contribution in [-0.4, -0.2) is 43.6 Å². The largest absolute Gasteiger partial charge is 0.496 e. The van der Waals surface area contributed by atoms with E-state index in [0.717, 1.165) is 15.9 Å². The fourth-order valence-corrected chi connectivity index (χ4v) is 6.36. The van der Waals surface area contributed by atoms with Crippen LogP contribution in [0.25, 0.3) is 15.2 Å². The summed E-state index contributed by atoms with van der Waals surface area (Å²) < 4.78 is 28.7. The molecule has 1 unspecified atom stereocenters. The molecule has 0 N–H and O–H groups in total. The van der Waals surface area contributed by atoms with Crippen LogP contribution in [0.5, 0.6) is 5.75 Å². The van der Waals surface area contributed by atoms with E-state index in [4.69, 9.17) is 9.47 Å². The number of aromatic nitrogens is 5. The second kappa shape index (κ2) is 12.2. The van der Waals surface area contributed by atoms with Gasteiger partial charge in [0.2, 0.25) is 0 Å². The van der Waals surface area contributed by atoms with Crippen molar-refractivity contribution >= 4 is 27.3 Å². The lowest BCUT2D eigenvalue weighted by Gasteiger charge is -2.33. The van der Waals surface area contributed by atoms with Crippen molar-refractivity contribution < 1.29 is 18.7 Å². The number of thiophene rings is 1. The third-order valence-corrected chi connectivity index (χ3v) is 8.73. The van der Waals surface area contributed by atoms with E-state index in [1.165, 1.54) is 47.1 Å². The molecule has 13 heteroatoms. The van der Waals surface area contributed by atoms with E-state index in [1.807, 2.05) is 19.9 Å². The van der Waals surface area contributed by atoms with Crippen molar-refractivity contribution in [1.82, 2.24) is 24.1 Å². The van der Waals surface area contributed by atoms with Gasteiger partial charge in [-0.25, -0.2) is 13.8 Å². The maximum Gasteiger partial charge on any atom is 0.333 e. The normalized spacial score (nSPS) is 13.3. The summed E-state index contributed by atoms with van der Waals surface area (Å²) in [6.45, 7) is 10.1. The minimum atomic E-state index is -1.48. The van der Waals surface area contributed by atoms with Crippen molar-refractivity contribution in [2.75, 3.05) is 13.7 Å². The molecule has 0 fully saturated rings. The number of fused-ring (bicyclic) bond motifs is 1. The highest BCUT2D eigenvalue weighted by molar-refractivity contribution is 7.21. The molecule has 228 valence electrons. The summed E-state index contributed by atoms with van der Waals surface area (Å²) in [6, 6.07) is 6.00. The highest BCUT2D eigenvalue weighted by Gasteiger charge is 2.38. The van der Waals surface area contributed by atoms with Gasteiger partial charge < -0.3 is 9.47 Å². The van der Waals surface area contributed by atoms with E-state index in [2.05, 4.69) is 10.2 Å². The molecule has 11 nitrogen and oxygen atoms in total. The number of halogens is 1. The number of rotatable bonds is 12. The van der Waals surface area contributed by atoms with Crippen LogP contribution in [0.3, 0.4) is 0 Å². The van der Waals surface area contributed by atoms with Gasteiger partial charge in [-0.3, -0.25) is 14.2 Å². The summed E-state index contributed by atoms with van der Waals surface area (Å²) in [7, 11) is 1.44. The summed E-state index contributed by atoms with van der Waals surface area (Å²) in [5.41, 5.74) is -3.39. The first-order chi connectivity index (χ1) is 20.3. The number of nitriles is 1. The Morgan fingerprint density at radius 2 is 1.86 bits per heavy atom. The van der Waals surface area contributed by atoms with Crippen molar-refractivity contribution in [1.29, 1.82) is 5.26 Å². The lowest BCUT2D eigenvalue weighted by Crippen LogP contribution is -2.53. The van der Waals surface area contributed by atoms with E-state index in [1.54, 1.807) is 27.7 Å². The zero-order valence-corrected chi connectivity index (χ0v) is 26.1. The van der Waals surface area contributed by atoms with E-state index >= 15 is 0 Å². The Kier molecular flexibility index (Phi) is 9.03.